The summed E-state index contributed by atoms with van der Waals surface area (Å²) in [7, 11) is 0. The van der Waals surface area contributed by atoms with Gasteiger partial charge in [0.1, 0.15) is 5.78 Å². The molecule has 0 fully saturated rings. The van der Waals surface area contributed by atoms with Gasteiger partial charge in [0.05, 0.1) is 0 Å². The summed E-state index contributed by atoms with van der Waals surface area (Å²) in [6.45, 7) is 10.3. The highest BCUT2D eigenvalue weighted by molar-refractivity contribution is 5.84. The molecule has 0 heterocycles. The zero-order valence-electron chi connectivity index (χ0n) is 11.7. The summed E-state index contributed by atoms with van der Waals surface area (Å²) in [6, 6.07) is 8.44. The number of hydrogen-bond acceptors (Lipinski definition) is 1. The van der Waals surface area contributed by atoms with E-state index in [2.05, 4.69) is 38.1 Å². The van der Waals surface area contributed by atoms with Crippen LogP contribution in [0.25, 0.3) is 0 Å². The van der Waals surface area contributed by atoms with Crippen LogP contribution in [0.2, 0.25) is 0 Å². The van der Waals surface area contributed by atoms with E-state index in [9.17, 15) is 4.79 Å². The molecule has 0 saturated carbocycles. The molecule has 0 aliphatic carbocycles. The Kier molecular flexibility index (Phi) is 4.50. The fraction of sp³-hybridized carbons (Fsp3) is 0.562. The van der Waals surface area contributed by atoms with Crippen LogP contribution in [0.3, 0.4) is 0 Å². The molecule has 17 heavy (non-hydrogen) atoms. The van der Waals surface area contributed by atoms with Crippen LogP contribution < -0.4 is 0 Å². The first kappa shape index (κ1) is 14.0. The third kappa shape index (κ3) is 3.69. The van der Waals surface area contributed by atoms with Crippen LogP contribution in [0.4, 0.5) is 0 Å². The summed E-state index contributed by atoms with van der Waals surface area (Å²) in [6.07, 6.45) is 1.67. The minimum atomic E-state index is -0.227. The van der Waals surface area contributed by atoms with Crippen molar-refractivity contribution in [1.29, 1.82) is 0 Å². The molecule has 0 aromatic heterocycles. The molecular weight excluding hydrogens is 208 g/mol. The smallest absolute Gasteiger partial charge is 0.138 e. The van der Waals surface area contributed by atoms with Gasteiger partial charge in [-0.05, 0) is 23.5 Å². The summed E-state index contributed by atoms with van der Waals surface area (Å²) in [5.74, 6) is 0.661. The van der Waals surface area contributed by atoms with Gasteiger partial charge in [0.25, 0.3) is 0 Å². The van der Waals surface area contributed by atoms with Gasteiger partial charge in [-0.2, -0.15) is 0 Å². The van der Waals surface area contributed by atoms with E-state index in [-0.39, 0.29) is 5.41 Å². The fourth-order valence-electron chi connectivity index (χ4n) is 2.03. The first-order chi connectivity index (χ1) is 7.86. The predicted molar refractivity (Wildman–Crippen MR) is 73.3 cm³/mol. The van der Waals surface area contributed by atoms with Gasteiger partial charge in [-0.1, -0.05) is 58.9 Å². The average molecular weight is 232 g/mol. The van der Waals surface area contributed by atoms with Crippen molar-refractivity contribution in [2.24, 2.45) is 5.41 Å². The van der Waals surface area contributed by atoms with E-state index in [1.807, 2.05) is 20.8 Å². The van der Waals surface area contributed by atoms with Crippen LogP contribution >= 0.6 is 0 Å². The van der Waals surface area contributed by atoms with Gasteiger partial charge in [-0.3, -0.25) is 4.79 Å². The molecule has 0 N–H and O–H groups in total. The zero-order chi connectivity index (χ0) is 13.1. The van der Waals surface area contributed by atoms with Crippen LogP contribution in [0.5, 0.6) is 0 Å². The predicted octanol–water partition coefficient (Wildman–Crippen LogP) is 4.36. The summed E-state index contributed by atoms with van der Waals surface area (Å²) < 4.78 is 0. The summed E-state index contributed by atoms with van der Waals surface area (Å²) >= 11 is 0. The van der Waals surface area contributed by atoms with Crippen LogP contribution in [-0.2, 0) is 11.2 Å². The Bertz CT molecular complexity index is 385. The highest BCUT2D eigenvalue weighted by atomic mass is 16.1. The molecule has 0 saturated heterocycles. The number of ketones is 1. The van der Waals surface area contributed by atoms with Crippen molar-refractivity contribution in [2.75, 3.05) is 0 Å². The van der Waals surface area contributed by atoms with Crippen molar-refractivity contribution in [3.63, 3.8) is 0 Å². The Morgan fingerprint density at radius 1 is 1.24 bits per heavy atom. The lowest BCUT2D eigenvalue weighted by molar-refractivity contribution is -0.126. The molecule has 0 aliphatic rings. The molecule has 0 spiro atoms. The molecule has 1 nitrogen and oxygen atoms in total. The number of carbonyl (C=O) groups excluding carboxylic acids is 1. The fourth-order valence-corrected chi connectivity index (χ4v) is 2.03. The van der Waals surface area contributed by atoms with Crippen LogP contribution in [0.1, 0.15) is 58.1 Å². The van der Waals surface area contributed by atoms with Crippen molar-refractivity contribution in [2.45, 2.75) is 53.4 Å². The topological polar surface area (TPSA) is 17.1 Å². The van der Waals surface area contributed by atoms with Gasteiger partial charge in [-0.15, -0.1) is 0 Å². The second-order valence-corrected chi connectivity index (χ2v) is 5.83. The number of rotatable bonds is 4. The minimum absolute atomic E-state index is 0.227. The Morgan fingerprint density at radius 3 is 2.35 bits per heavy atom. The molecule has 1 rings (SSSR count). The Morgan fingerprint density at radius 2 is 1.82 bits per heavy atom. The van der Waals surface area contributed by atoms with E-state index in [0.717, 1.165) is 6.42 Å². The Balaban J connectivity index is 2.83. The molecular formula is C16H24O. The van der Waals surface area contributed by atoms with E-state index in [1.54, 1.807) is 0 Å². The molecule has 0 amide bonds. The molecule has 1 atom stereocenters. The lowest BCUT2D eigenvalue weighted by Crippen LogP contribution is -2.21. The number of Topliss-reactive ketones (excluding diaryl/α,β-unsaturated/α-hetero) is 1. The number of aryl methyl sites for hydroxylation is 1. The normalized spacial score (nSPS) is 13.5. The van der Waals surface area contributed by atoms with Crippen LogP contribution in [0.15, 0.2) is 24.3 Å². The van der Waals surface area contributed by atoms with Gasteiger partial charge in [-0.25, -0.2) is 0 Å². The number of carbonyl (C=O) groups is 1. The van der Waals surface area contributed by atoms with Crippen molar-refractivity contribution < 1.29 is 4.79 Å². The SMILES string of the molecule is CCc1ccccc1C(C)CC(=O)C(C)(C)C. The first-order valence-corrected chi connectivity index (χ1v) is 6.47. The van der Waals surface area contributed by atoms with Gasteiger partial charge < -0.3 is 0 Å². The molecule has 1 aromatic rings. The lowest BCUT2D eigenvalue weighted by Gasteiger charge is -2.21. The largest absolute Gasteiger partial charge is 0.299 e. The van der Waals surface area contributed by atoms with Crippen molar-refractivity contribution in [1.82, 2.24) is 0 Å². The van der Waals surface area contributed by atoms with Crippen LogP contribution in [-0.4, -0.2) is 5.78 Å². The highest BCUT2D eigenvalue weighted by Gasteiger charge is 2.24. The standard InChI is InChI=1S/C16H24O/c1-6-13-9-7-8-10-14(13)12(2)11-15(17)16(3,4)5/h7-10,12H,6,11H2,1-5H3. The third-order valence-electron chi connectivity index (χ3n) is 3.30. The highest BCUT2D eigenvalue weighted by Crippen LogP contribution is 2.27. The maximum Gasteiger partial charge on any atom is 0.138 e. The van der Waals surface area contributed by atoms with Crippen molar-refractivity contribution >= 4 is 5.78 Å². The number of hydrogen-bond donors (Lipinski definition) is 0. The maximum absolute atomic E-state index is 12.0. The molecule has 0 radical (unpaired) electrons. The van der Waals surface area contributed by atoms with Gasteiger partial charge in [0, 0.05) is 11.8 Å². The van der Waals surface area contributed by atoms with Gasteiger partial charge in [0.2, 0.25) is 0 Å². The lowest BCUT2D eigenvalue weighted by atomic mass is 9.82. The van der Waals surface area contributed by atoms with E-state index < -0.39 is 0 Å². The molecule has 1 unspecified atom stereocenters. The molecule has 0 aliphatic heterocycles. The van der Waals surface area contributed by atoms with E-state index in [4.69, 9.17) is 0 Å². The number of benzene rings is 1. The first-order valence-electron chi connectivity index (χ1n) is 6.47. The molecule has 0 bridgehead atoms. The van der Waals surface area contributed by atoms with Crippen molar-refractivity contribution in [3.05, 3.63) is 35.4 Å². The van der Waals surface area contributed by atoms with Gasteiger partial charge in [0.15, 0.2) is 0 Å². The third-order valence-corrected chi connectivity index (χ3v) is 3.30. The Labute approximate surface area is 105 Å². The van der Waals surface area contributed by atoms with Gasteiger partial charge >= 0.3 is 0 Å². The summed E-state index contributed by atoms with van der Waals surface area (Å²) in [5, 5.41) is 0. The summed E-state index contributed by atoms with van der Waals surface area (Å²) in [4.78, 5) is 12.0. The summed E-state index contributed by atoms with van der Waals surface area (Å²) in [5.41, 5.74) is 2.46. The molecule has 94 valence electrons. The zero-order valence-corrected chi connectivity index (χ0v) is 11.7. The van der Waals surface area contributed by atoms with E-state index in [0.29, 0.717) is 18.1 Å². The van der Waals surface area contributed by atoms with E-state index >= 15 is 0 Å². The van der Waals surface area contributed by atoms with Crippen LogP contribution in [0, 0.1) is 5.41 Å². The maximum atomic E-state index is 12.0. The minimum Gasteiger partial charge on any atom is -0.299 e. The Hall–Kier alpha value is -1.11. The monoisotopic (exact) mass is 232 g/mol. The molecule has 1 aromatic carbocycles. The second kappa shape index (κ2) is 5.48. The second-order valence-electron chi connectivity index (χ2n) is 5.83. The average Bonchev–Trinajstić information content (AvgIpc) is 2.27. The van der Waals surface area contributed by atoms with Crippen molar-refractivity contribution in [3.8, 4) is 0 Å². The quantitative estimate of drug-likeness (QED) is 0.754. The molecule has 1 heteroatoms. The van der Waals surface area contributed by atoms with E-state index in [1.165, 1.54) is 11.1 Å².